The molecule has 100 valence electrons. The predicted molar refractivity (Wildman–Crippen MR) is 64.8 cm³/mol. The van der Waals surface area contributed by atoms with Gasteiger partial charge >= 0.3 is 10.3 Å². The van der Waals surface area contributed by atoms with Gasteiger partial charge in [-0.1, -0.05) is 6.07 Å². The Kier molecular flexibility index (Phi) is 5.05. The van der Waals surface area contributed by atoms with Crippen LogP contribution < -0.4 is 9.47 Å². The summed E-state index contributed by atoms with van der Waals surface area (Å²) in [7, 11) is -4.52. The molecule has 0 bridgehead atoms. The van der Waals surface area contributed by atoms with Crippen molar-refractivity contribution in [2.24, 2.45) is 9.63 Å². The van der Waals surface area contributed by atoms with Crippen molar-refractivity contribution in [3.8, 4) is 11.5 Å². The summed E-state index contributed by atoms with van der Waals surface area (Å²) in [4.78, 5) is 0. The third-order valence-electron chi connectivity index (χ3n) is 1.80. The van der Waals surface area contributed by atoms with Crippen LogP contribution in [0.3, 0.4) is 0 Å². The van der Waals surface area contributed by atoms with Crippen molar-refractivity contribution < 1.29 is 22.4 Å². The number of ether oxygens (including phenoxy) is 2. The molecule has 0 saturated heterocycles. The summed E-state index contributed by atoms with van der Waals surface area (Å²) in [5.41, 5.74) is 0.167. The van der Waals surface area contributed by atoms with Gasteiger partial charge < -0.3 is 9.47 Å². The maximum atomic E-state index is 10.5. The molecule has 18 heavy (non-hydrogen) atoms. The van der Waals surface area contributed by atoms with E-state index in [1.807, 2.05) is 6.92 Å². The largest absolute Gasteiger partial charge is 0.490 e. The number of nitrogens with zero attached hydrogens (tertiary/aromatic N) is 2. The molecule has 0 atom stereocenters. The average molecular weight is 274 g/mol. The van der Waals surface area contributed by atoms with Crippen LogP contribution in [0.4, 0.5) is 5.69 Å². The van der Waals surface area contributed by atoms with Gasteiger partial charge in [-0.3, -0.25) is 4.55 Å². The smallest absolute Gasteiger partial charge is 0.396 e. The molecule has 0 aliphatic heterocycles. The molecule has 1 N–H and O–H groups in total. The van der Waals surface area contributed by atoms with Crippen molar-refractivity contribution in [1.29, 1.82) is 0 Å². The highest BCUT2D eigenvalue weighted by Gasteiger charge is 2.11. The number of para-hydroxylation sites is 1. The first kappa shape index (κ1) is 14.4. The van der Waals surface area contributed by atoms with Crippen LogP contribution in [0.5, 0.6) is 11.5 Å². The molecule has 0 saturated carbocycles. The van der Waals surface area contributed by atoms with Crippen LogP contribution >= 0.6 is 0 Å². The minimum absolute atomic E-state index is 0.167. The first-order chi connectivity index (χ1) is 8.48. The monoisotopic (exact) mass is 274 g/mol. The van der Waals surface area contributed by atoms with E-state index in [0.29, 0.717) is 19.0 Å². The van der Waals surface area contributed by atoms with E-state index in [2.05, 4.69) is 9.63 Å². The van der Waals surface area contributed by atoms with E-state index >= 15 is 0 Å². The lowest BCUT2D eigenvalue weighted by Crippen LogP contribution is -1.98. The Balaban J connectivity index is 3.17. The van der Waals surface area contributed by atoms with Gasteiger partial charge in [0.2, 0.25) is 0 Å². The summed E-state index contributed by atoms with van der Waals surface area (Å²) >= 11 is 0. The van der Waals surface area contributed by atoms with Crippen LogP contribution in [0.25, 0.3) is 0 Å². The van der Waals surface area contributed by atoms with Gasteiger partial charge in [0.15, 0.2) is 11.5 Å². The Morgan fingerprint density at radius 2 is 1.89 bits per heavy atom. The third-order valence-corrected chi connectivity index (χ3v) is 2.09. The highest BCUT2D eigenvalue weighted by molar-refractivity contribution is 7.84. The number of benzene rings is 1. The van der Waals surface area contributed by atoms with E-state index < -0.39 is 10.3 Å². The highest BCUT2D eigenvalue weighted by atomic mass is 32.2. The molecule has 0 fully saturated rings. The summed E-state index contributed by atoms with van der Waals surface area (Å²) in [6, 6.07) is 4.79. The molecule has 0 aliphatic rings. The third kappa shape index (κ3) is 4.30. The Labute approximate surface area is 105 Å². The van der Waals surface area contributed by atoms with Crippen molar-refractivity contribution in [2.75, 3.05) is 13.2 Å². The summed E-state index contributed by atoms with van der Waals surface area (Å²) in [5.74, 6) is 0.723. The van der Waals surface area contributed by atoms with E-state index in [1.165, 1.54) is 6.07 Å². The lowest BCUT2D eigenvalue weighted by Gasteiger charge is -2.11. The molecule has 1 aromatic carbocycles. The van der Waals surface area contributed by atoms with Gasteiger partial charge in [-0.05, 0) is 30.5 Å². The van der Waals surface area contributed by atoms with Crippen molar-refractivity contribution >= 4 is 16.0 Å². The molecule has 1 rings (SSSR count). The van der Waals surface area contributed by atoms with Gasteiger partial charge in [-0.25, -0.2) is 0 Å². The summed E-state index contributed by atoms with van der Waals surface area (Å²) in [6.07, 6.45) is 0. The Morgan fingerprint density at radius 3 is 2.44 bits per heavy atom. The lowest BCUT2D eigenvalue weighted by molar-refractivity contribution is 0.288. The van der Waals surface area contributed by atoms with Crippen LogP contribution in [0.15, 0.2) is 27.8 Å². The van der Waals surface area contributed by atoms with Crippen LogP contribution in [0.1, 0.15) is 13.8 Å². The minimum Gasteiger partial charge on any atom is -0.490 e. The van der Waals surface area contributed by atoms with Crippen LogP contribution in [0, 0.1) is 0 Å². The zero-order chi connectivity index (χ0) is 13.6. The molecule has 0 amide bonds. The summed E-state index contributed by atoms with van der Waals surface area (Å²) in [5, 5.41) is 3.42. The molecule has 0 radical (unpaired) electrons. The molecule has 0 unspecified atom stereocenters. The maximum Gasteiger partial charge on any atom is 0.396 e. The Morgan fingerprint density at radius 1 is 1.22 bits per heavy atom. The SMILES string of the molecule is CCOc1cccc(N=NS(=O)(=O)O)c1OCC. The van der Waals surface area contributed by atoms with E-state index in [9.17, 15) is 8.42 Å². The molecule has 8 heteroatoms. The zero-order valence-electron chi connectivity index (χ0n) is 10.0. The van der Waals surface area contributed by atoms with E-state index in [4.69, 9.17) is 14.0 Å². The fourth-order valence-electron chi connectivity index (χ4n) is 1.24. The standard InChI is InChI=1S/C10H14N2O5S/c1-3-16-9-7-5-6-8(10(9)17-4-2)11-12-18(13,14)15/h5-7H,3-4H2,1-2H3,(H,13,14,15). The van der Waals surface area contributed by atoms with Crippen molar-refractivity contribution in [1.82, 2.24) is 0 Å². The second-order valence-corrected chi connectivity index (χ2v) is 4.16. The molecular formula is C10H14N2O5S. The van der Waals surface area contributed by atoms with E-state index in [1.54, 1.807) is 19.1 Å². The normalized spacial score (nSPS) is 11.7. The van der Waals surface area contributed by atoms with Gasteiger partial charge in [0.05, 0.1) is 13.2 Å². The quantitative estimate of drug-likeness (QED) is 0.634. The van der Waals surface area contributed by atoms with Crippen LogP contribution in [-0.2, 0) is 10.3 Å². The molecule has 0 aromatic heterocycles. The Bertz CT molecular complexity index is 527. The van der Waals surface area contributed by atoms with Gasteiger partial charge in [-0.2, -0.15) is 8.42 Å². The minimum atomic E-state index is -4.52. The fraction of sp³-hybridized carbons (Fsp3) is 0.400. The summed E-state index contributed by atoms with van der Waals surface area (Å²) < 4.78 is 43.0. The van der Waals surface area contributed by atoms with Crippen molar-refractivity contribution in [3.05, 3.63) is 18.2 Å². The van der Waals surface area contributed by atoms with E-state index in [0.717, 1.165) is 0 Å². The second-order valence-electron chi connectivity index (χ2n) is 3.10. The van der Waals surface area contributed by atoms with Crippen molar-refractivity contribution in [2.45, 2.75) is 13.8 Å². The first-order valence-electron chi connectivity index (χ1n) is 5.27. The van der Waals surface area contributed by atoms with Gasteiger partial charge in [0.1, 0.15) is 5.69 Å². The van der Waals surface area contributed by atoms with Crippen LogP contribution in [0.2, 0.25) is 0 Å². The molecule has 1 aromatic rings. The molecule has 7 nitrogen and oxygen atoms in total. The lowest BCUT2D eigenvalue weighted by atomic mass is 10.3. The van der Waals surface area contributed by atoms with Crippen LogP contribution in [-0.4, -0.2) is 26.2 Å². The van der Waals surface area contributed by atoms with Gasteiger partial charge in [-0.15, -0.1) is 5.11 Å². The summed E-state index contributed by atoms with van der Waals surface area (Å²) in [6.45, 7) is 4.37. The van der Waals surface area contributed by atoms with Gasteiger partial charge in [0, 0.05) is 0 Å². The topological polar surface area (TPSA) is 97.6 Å². The first-order valence-corrected chi connectivity index (χ1v) is 6.66. The Hall–Kier alpha value is -1.67. The number of hydrogen-bond donors (Lipinski definition) is 1. The van der Waals surface area contributed by atoms with Crippen molar-refractivity contribution in [3.63, 3.8) is 0 Å². The number of hydrogen-bond acceptors (Lipinski definition) is 5. The molecular weight excluding hydrogens is 260 g/mol. The zero-order valence-corrected chi connectivity index (χ0v) is 10.8. The molecule has 0 aliphatic carbocycles. The highest BCUT2D eigenvalue weighted by Crippen LogP contribution is 2.37. The molecule has 0 spiro atoms. The molecule has 0 heterocycles. The number of rotatable bonds is 6. The fourth-order valence-corrected chi connectivity index (χ4v) is 1.43. The maximum absolute atomic E-state index is 10.5. The predicted octanol–water partition coefficient (Wildman–Crippen LogP) is 2.37. The van der Waals surface area contributed by atoms with Gasteiger partial charge in [0.25, 0.3) is 0 Å². The average Bonchev–Trinajstić information content (AvgIpc) is 2.29. The van der Waals surface area contributed by atoms with E-state index in [-0.39, 0.29) is 11.4 Å². The second kappa shape index (κ2) is 6.31.